The zero-order valence-corrected chi connectivity index (χ0v) is 12.1. The Balaban J connectivity index is 0.000000250. The van der Waals surface area contributed by atoms with E-state index in [1.807, 2.05) is 20.8 Å². The number of nitrogens with one attached hydrogen (secondary N) is 1. The lowest BCUT2D eigenvalue weighted by Gasteiger charge is -2.24. The predicted octanol–water partition coefficient (Wildman–Crippen LogP) is 0.329. The Morgan fingerprint density at radius 2 is 1.95 bits per heavy atom. The molecule has 2 heterocycles. The van der Waals surface area contributed by atoms with Gasteiger partial charge in [-0.05, 0) is 40.2 Å². The molecule has 2 rings (SSSR count). The van der Waals surface area contributed by atoms with Gasteiger partial charge in [0.2, 0.25) is 0 Å². The second kappa shape index (κ2) is 7.07. The van der Waals surface area contributed by atoms with E-state index in [9.17, 15) is 9.90 Å². The molecule has 0 aliphatic carbocycles. The van der Waals surface area contributed by atoms with Crippen LogP contribution in [0.25, 0.3) is 0 Å². The van der Waals surface area contributed by atoms with Gasteiger partial charge >= 0.3 is 6.09 Å². The SMILES string of the molecule is CC(C)(C)OC(=O)N1CC[C@H](O)C1.O[C@H]1CCNC1. The lowest BCUT2D eigenvalue weighted by atomic mass is 10.2. The number of aliphatic hydroxyl groups is 2. The molecular formula is C13H26N2O4. The number of likely N-dealkylation sites (tertiary alicyclic amines) is 1. The van der Waals surface area contributed by atoms with E-state index in [4.69, 9.17) is 9.84 Å². The minimum Gasteiger partial charge on any atom is -0.444 e. The van der Waals surface area contributed by atoms with E-state index in [1.54, 1.807) is 0 Å². The maximum absolute atomic E-state index is 11.4. The molecule has 0 spiro atoms. The van der Waals surface area contributed by atoms with Crippen molar-refractivity contribution in [1.82, 2.24) is 10.2 Å². The monoisotopic (exact) mass is 274 g/mol. The van der Waals surface area contributed by atoms with Crippen LogP contribution in [-0.4, -0.2) is 65.2 Å². The Hall–Kier alpha value is -0.850. The number of hydrogen-bond acceptors (Lipinski definition) is 5. The summed E-state index contributed by atoms with van der Waals surface area (Å²) in [6.45, 7) is 8.26. The molecule has 3 N–H and O–H groups in total. The van der Waals surface area contributed by atoms with E-state index in [0.29, 0.717) is 19.5 Å². The molecule has 0 aromatic rings. The van der Waals surface area contributed by atoms with Gasteiger partial charge in [0.05, 0.1) is 12.2 Å². The van der Waals surface area contributed by atoms with Crippen molar-refractivity contribution in [3.05, 3.63) is 0 Å². The zero-order valence-electron chi connectivity index (χ0n) is 12.1. The van der Waals surface area contributed by atoms with Crippen LogP contribution >= 0.6 is 0 Å². The molecule has 0 aromatic carbocycles. The fourth-order valence-electron chi connectivity index (χ4n) is 1.87. The molecule has 19 heavy (non-hydrogen) atoms. The summed E-state index contributed by atoms with van der Waals surface area (Å²) in [5.41, 5.74) is -0.454. The van der Waals surface area contributed by atoms with Gasteiger partial charge in [-0.1, -0.05) is 0 Å². The molecule has 6 nitrogen and oxygen atoms in total. The molecule has 2 fully saturated rings. The molecule has 112 valence electrons. The number of carbonyl (C=O) groups is 1. The van der Waals surface area contributed by atoms with Crippen molar-refractivity contribution >= 4 is 6.09 Å². The standard InChI is InChI=1S/C9H17NO3.C4H9NO/c1-9(2,3)13-8(12)10-5-4-7(11)6-10;6-4-1-2-5-3-4/h7,11H,4-6H2,1-3H3;4-6H,1-3H2/t7-;4-/m00/s1. The van der Waals surface area contributed by atoms with E-state index < -0.39 is 5.60 Å². The van der Waals surface area contributed by atoms with Crippen LogP contribution in [0.5, 0.6) is 0 Å². The fraction of sp³-hybridized carbons (Fsp3) is 0.923. The molecule has 0 radical (unpaired) electrons. The van der Waals surface area contributed by atoms with Crippen LogP contribution in [0.1, 0.15) is 33.6 Å². The molecule has 0 unspecified atom stereocenters. The first kappa shape index (κ1) is 16.2. The van der Waals surface area contributed by atoms with Gasteiger partial charge in [-0.15, -0.1) is 0 Å². The fourth-order valence-corrected chi connectivity index (χ4v) is 1.87. The minimum atomic E-state index is -0.454. The van der Waals surface area contributed by atoms with Crippen LogP contribution in [0.15, 0.2) is 0 Å². The Kier molecular flexibility index (Phi) is 6.03. The maximum Gasteiger partial charge on any atom is 0.410 e. The average Bonchev–Trinajstić information content (AvgIpc) is 2.88. The van der Waals surface area contributed by atoms with Crippen molar-refractivity contribution in [2.45, 2.75) is 51.4 Å². The van der Waals surface area contributed by atoms with Gasteiger partial charge in [0, 0.05) is 19.6 Å². The summed E-state index contributed by atoms with van der Waals surface area (Å²) in [6, 6.07) is 0. The van der Waals surface area contributed by atoms with Gasteiger partial charge in [0.15, 0.2) is 0 Å². The molecule has 2 saturated heterocycles. The first-order valence-electron chi connectivity index (χ1n) is 6.82. The summed E-state index contributed by atoms with van der Waals surface area (Å²) in [6.07, 6.45) is 0.806. The summed E-state index contributed by atoms with van der Waals surface area (Å²) in [4.78, 5) is 12.9. The van der Waals surface area contributed by atoms with Gasteiger partial charge in [-0.25, -0.2) is 4.79 Å². The van der Waals surface area contributed by atoms with Crippen LogP contribution < -0.4 is 5.32 Å². The minimum absolute atomic E-state index is 0.0648. The third-order valence-corrected chi connectivity index (χ3v) is 2.85. The number of ether oxygens (including phenoxy) is 1. The molecule has 0 bridgehead atoms. The van der Waals surface area contributed by atoms with Crippen molar-refractivity contribution in [3.63, 3.8) is 0 Å². The third kappa shape index (κ3) is 6.75. The van der Waals surface area contributed by atoms with Gasteiger partial charge in [-0.2, -0.15) is 0 Å². The van der Waals surface area contributed by atoms with E-state index in [0.717, 1.165) is 19.5 Å². The van der Waals surface area contributed by atoms with Gasteiger partial charge in [0.1, 0.15) is 5.60 Å². The number of aliphatic hydroxyl groups excluding tert-OH is 2. The van der Waals surface area contributed by atoms with Gasteiger partial charge in [-0.3, -0.25) is 0 Å². The normalized spacial score (nSPS) is 26.9. The highest BCUT2D eigenvalue weighted by Crippen LogP contribution is 2.14. The van der Waals surface area contributed by atoms with Gasteiger partial charge in [0.25, 0.3) is 0 Å². The highest BCUT2D eigenvalue weighted by Gasteiger charge is 2.28. The zero-order chi connectivity index (χ0) is 14.5. The molecular weight excluding hydrogens is 248 g/mol. The lowest BCUT2D eigenvalue weighted by molar-refractivity contribution is 0.0270. The molecule has 2 aliphatic rings. The summed E-state index contributed by atoms with van der Waals surface area (Å²) < 4.78 is 5.15. The summed E-state index contributed by atoms with van der Waals surface area (Å²) >= 11 is 0. The molecule has 2 aliphatic heterocycles. The van der Waals surface area contributed by atoms with Crippen molar-refractivity contribution in [2.75, 3.05) is 26.2 Å². The van der Waals surface area contributed by atoms with Crippen LogP contribution in [-0.2, 0) is 4.74 Å². The summed E-state index contributed by atoms with van der Waals surface area (Å²) in [5, 5.41) is 20.9. The van der Waals surface area contributed by atoms with Gasteiger partial charge < -0.3 is 25.2 Å². The number of rotatable bonds is 0. The van der Waals surface area contributed by atoms with Crippen molar-refractivity contribution in [1.29, 1.82) is 0 Å². The molecule has 0 aromatic heterocycles. The topological polar surface area (TPSA) is 82.0 Å². The van der Waals surface area contributed by atoms with E-state index in [-0.39, 0.29) is 18.3 Å². The summed E-state index contributed by atoms with van der Waals surface area (Å²) in [5.74, 6) is 0. The number of hydrogen-bond donors (Lipinski definition) is 3. The second-order valence-electron chi connectivity index (χ2n) is 6.02. The summed E-state index contributed by atoms with van der Waals surface area (Å²) in [7, 11) is 0. The average molecular weight is 274 g/mol. The van der Waals surface area contributed by atoms with E-state index in [2.05, 4.69) is 5.32 Å². The van der Waals surface area contributed by atoms with Crippen LogP contribution in [0.2, 0.25) is 0 Å². The highest BCUT2D eigenvalue weighted by atomic mass is 16.6. The van der Waals surface area contributed by atoms with Crippen molar-refractivity contribution in [2.24, 2.45) is 0 Å². The van der Waals surface area contributed by atoms with E-state index in [1.165, 1.54) is 4.90 Å². The molecule has 6 heteroatoms. The lowest BCUT2D eigenvalue weighted by Crippen LogP contribution is -2.35. The van der Waals surface area contributed by atoms with Crippen LogP contribution in [0.3, 0.4) is 0 Å². The number of carbonyl (C=O) groups excluding carboxylic acids is 1. The Labute approximate surface area is 114 Å². The first-order valence-corrected chi connectivity index (χ1v) is 6.82. The Bertz CT molecular complexity index is 285. The first-order chi connectivity index (χ1) is 8.78. The second-order valence-corrected chi connectivity index (χ2v) is 6.02. The molecule has 2 atom stereocenters. The van der Waals surface area contributed by atoms with Crippen molar-refractivity contribution < 1.29 is 19.7 Å². The largest absolute Gasteiger partial charge is 0.444 e. The Morgan fingerprint density at radius 1 is 1.26 bits per heavy atom. The number of nitrogens with zero attached hydrogens (tertiary/aromatic N) is 1. The molecule has 0 saturated carbocycles. The van der Waals surface area contributed by atoms with Crippen molar-refractivity contribution in [3.8, 4) is 0 Å². The molecule has 1 amide bonds. The highest BCUT2D eigenvalue weighted by molar-refractivity contribution is 5.68. The predicted molar refractivity (Wildman–Crippen MR) is 71.9 cm³/mol. The Morgan fingerprint density at radius 3 is 2.26 bits per heavy atom. The third-order valence-electron chi connectivity index (χ3n) is 2.85. The smallest absolute Gasteiger partial charge is 0.410 e. The van der Waals surface area contributed by atoms with Crippen LogP contribution in [0.4, 0.5) is 4.79 Å². The number of amides is 1. The van der Waals surface area contributed by atoms with E-state index >= 15 is 0 Å². The quantitative estimate of drug-likeness (QED) is 0.593. The van der Waals surface area contributed by atoms with Crippen LogP contribution in [0, 0.1) is 0 Å². The maximum atomic E-state index is 11.4. The number of β-amino-alcohol motifs (C(OH)–C–C–N with tert-alkyl or cyclic N) is 2.